The van der Waals surface area contributed by atoms with Crippen LogP contribution >= 0.6 is 0 Å². The summed E-state index contributed by atoms with van der Waals surface area (Å²) >= 11 is 0. The minimum absolute atomic E-state index is 0.00549. The number of nitrogens with one attached hydrogen (secondary N) is 3. The van der Waals surface area contributed by atoms with Crippen LogP contribution in [0.4, 0.5) is 0 Å². The number of hydrogen-bond acceptors (Lipinski definition) is 2. The number of carboxylic acid groups (broad SMARTS) is 2. The Labute approximate surface area is 250 Å². The normalized spacial score (nSPS) is 16.8. The third-order valence-corrected chi connectivity index (χ3v) is 9.11. The van der Waals surface area contributed by atoms with E-state index >= 15 is 0 Å². The molecule has 3 aromatic heterocycles. The fourth-order valence-corrected chi connectivity index (χ4v) is 6.60. The maximum Gasteiger partial charge on any atom is 0.303 e. The molecule has 0 saturated carbocycles. The lowest BCUT2D eigenvalue weighted by Gasteiger charge is -2.01. The zero-order chi connectivity index (χ0) is 31.2. The average Bonchev–Trinajstić information content (AvgIpc) is 3.59. The maximum atomic E-state index is 11.6. The molecule has 8 nitrogen and oxygen atoms in total. The van der Waals surface area contributed by atoms with Gasteiger partial charge in [0.05, 0.1) is 0 Å². The molecule has 0 spiro atoms. The van der Waals surface area contributed by atoms with Crippen molar-refractivity contribution in [1.82, 2.24) is 15.0 Å². The third kappa shape index (κ3) is 5.38. The number of aromatic nitrogens is 3. The summed E-state index contributed by atoms with van der Waals surface area (Å²) in [4.78, 5) is 34.0. The Morgan fingerprint density at radius 3 is 1.79 bits per heavy atom. The molecule has 0 amide bonds. The van der Waals surface area contributed by atoms with Gasteiger partial charge in [0, 0.05) is 68.9 Å². The van der Waals surface area contributed by atoms with Crippen molar-refractivity contribution < 1.29 is 24.4 Å². The molecule has 0 aromatic carbocycles. The van der Waals surface area contributed by atoms with E-state index in [4.69, 9.17) is 0 Å². The molecular weight excluding hydrogens is 540 g/mol. The van der Waals surface area contributed by atoms with Gasteiger partial charge in [0.25, 0.3) is 0 Å². The Hall–Kier alpha value is -4.59. The Kier molecular flexibility index (Phi) is 8.06. The number of carboxylic acids is 2. The highest BCUT2D eigenvalue weighted by Crippen LogP contribution is 2.32. The van der Waals surface area contributed by atoms with Crippen molar-refractivity contribution in [3.05, 3.63) is 88.7 Å². The zero-order valence-electron chi connectivity index (χ0n) is 25.9. The van der Waals surface area contributed by atoms with Gasteiger partial charge in [0.1, 0.15) is 6.72 Å². The first-order valence-corrected chi connectivity index (χ1v) is 15.0. The van der Waals surface area contributed by atoms with Crippen LogP contribution in [-0.2, 0) is 28.9 Å². The molecule has 5 heterocycles. The molecular formula is C35H41N4O4+. The van der Waals surface area contributed by atoms with Gasteiger partial charge in [-0.2, -0.15) is 4.58 Å². The van der Waals surface area contributed by atoms with Crippen molar-refractivity contribution in [1.29, 1.82) is 0 Å². The standard InChI is InChI=1S/C35H40N4O4/c1-8-22-18(3)28-17-33-23(9-2)21(6)32(39(33)7)16-27-20(5)25(11-13-35(42)43)31(38-27)15-30-24(10-12-34(40)41)19(4)26(36-30)14-29(22)37-28/h14-17,36-38H,7-13H2,1-6H3,(H-,40,41,42,43)/p+1/b26-14?,27-16-,28-17-,29-14-,30-15?,31-15?,32-16?,33-17?. The Morgan fingerprint density at radius 1 is 0.674 bits per heavy atom. The molecule has 43 heavy (non-hydrogen) atoms. The second-order valence-corrected chi connectivity index (χ2v) is 11.5. The maximum absolute atomic E-state index is 11.6. The van der Waals surface area contributed by atoms with E-state index < -0.39 is 11.9 Å². The molecule has 3 aromatic rings. The highest BCUT2D eigenvalue weighted by atomic mass is 16.4. The molecule has 8 bridgehead atoms. The largest absolute Gasteiger partial charge is 0.481 e. The second-order valence-electron chi connectivity index (χ2n) is 11.5. The van der Waals surface area contributed by atoms with Crippen LogP contribution in [0.2, 0.25) is 0 Å². The Balaban J connectivity index is 1.91. The lowest BCUT2D eigenvalue weighted by molar-refractivity contribution is -0.391. The number of fused-ring (bicyclic) bond motifs is 8. The highest BCUT2D eigenvalue weighted by molar-refractivity contribution is 5.70. The first-order valence-electron chi connectivity index (χ1n) is 15.0. The molecule has 0 radical (unpaired) electrons. The van der Waals surface area contributed by atoms with E-state index in [1.807, 2.05) is 24.5 Å². The molecule has 0 aliphatic carbocycles. The summed E-state index contributed by atoms with van der Waals surface area (Å²) in [5.41, 5.74) is 12.4. The van der Waals surface area contributed by atoms with Crippen LogP contribution in [0.25, 0.3) is 24.3 Å². The molecule has 8 heteroatoms. The quantitative estimate of drug-likeness (QED) is 0.262. The summed E-state index contributed by atoms with van der Waals surface area (Å²) < 4.78 is 2.00. The van der Waals surface area contributed by atoms with Crippen LogP contribution < -0.4 is 21.4 Å². The summed E-state index contributed by atoms with van der Waals surface area (Å²) in [5, 5.41) is 22.8. The lowest BCUT2D eigenvalue weighted by atomic mass is 10.0. The van der Waals surface area contributed by atoms with Gasteiger partial charge in [0.2, 0.25) is 11.4 Å². The molecule has 0 saturated heterocycles. The monoisotopic (exact) mass is 581 g/mol. The fraction of sp³-hybridized carbons (Fsp3) is 0.343. The van der Waals surface area contributed by atoms with E-state index in [9.17, 15) is 19.8 Å². The summed E-state index contributed by atoms with van der Waals surface area (Å²) in [6, 6.07) is 0. The number of rotatable bonds is 8. The zero-order valence-corrected chi connectivity index (χ0v) is 25.9. The molecule has 0 unspecified atom stereocenters. The topological polar surface area (TPSA) is 125 Å². The average molecular weight is 582 g/mol. The van der Waals surface area contributed by atoms with Gasteiger partial charge in [-0.3, -0.25) is 9.59 Å². The molecule has 2 aliphatic heterocycles. The highest BCUT2D eigenvalue weighted by Gasteiger charge is 2.30. The molecule has 0 fully saturated rings. The number of hydrogen-bond donors (Lipinski definition) is 5. The van der Waals surface area contributed by atoms with Crippen LogP contribution in [0.3, 0.4) is 0 Å². The van der Waals surface area contributed by atoms with Gasteiger partial charge in [-0.25, -0.2) is 0 Å². The van der Waals surface area contributed by atoms with Crippen molar-refractivity contribution >= 4 is 43.0 Å². The number of nitrogens with zero attached hydrogens (tertiary/aromatic N) is 1. The number of carbonyl (C=O) groups is 2. The molecule has 0 atom stereocenters. The van der Waals surface area contributed by atoms with Crippen molar-refractivity contribution in [2.24, 2.45) is 0 Å². The van der Waals surface area contributed by atoms with E-state index in [2.05, 4.69) is 67.6 Å². The molecule has 224 valence electrons. The molecule has 5 rings (SSSR count). The van der Waals surface area contributed by atoms with Crippen molar-refractivity contribution in [2.75, 3.05) is 0 Å². The number of allylic oxidation sites excluding steroid dienone is 4. The molecule has 5 N–H and O–H groups in total. The minimum atomic E-state index is -0.854. The summed E-state index contributed by atoms with van der Waals surface area (Å²) in [5.74, 6) is -1.71. The van der Waals surface area contributed by atoms with Gasteiger partial charge in [0.15, 0.2) is 0 Å². The van der Waals surface area contributed by atoms with Crippen molar-refractivity contribution in [3.63, 3.8) is 0 Å². The van der Waals surface area contributed by atoms with Gasteiger partial charge < -0.3 is 25.2 Å². The van der Waals surface area contributed by atoms with Crippen LogP contribution in [0, 0.1) is 20.8 Å². The van der Waals surface area contributed by atoms with Gasteiger partial charge >= 0.3 is 11.9 Å². The van der Waals surface area contributed by atoms with Gasteiger partial charge in [-0.05, 0) is 98.9 Å². The van der Waals surface area contributed by atoms with Crippen LogP contribution in [0.15, 0.2) is 22.5 Å². The van der Waals surface area contributed by atoms with Crippen LogP contribution in [0.1, 0.15) is 84.8 Å². The second kappa shape index (κ2) is 11.6. The summed E-state index contributed by atoms with van der Waals surface area (Å²) in [7, 11) is 0. The SMILES string of the molecule is C=[N+]1C2=C(C)C(CC)=C1/C=c1\[nH]/c(c(CC)c1C)=C\c1[nH]c(c(CCC(=O)O)c1C)C=c1[nH]/c(c(C)c1CCC(=O)O)=C\2. The van der Waals surface area contributed by atoms with E-state index in [1.165, 1.54) is 16.7 Å². The summed E-state index contributed by atoms with van der Waals surface area (Å²) in [6.07, 6.45) is 10.9. The first-order chi connectivity index (χ1) is 20.4. The van der Waals surface area contributed by atoms with Crippen LogP contribution in [0.5, 0.6) is 0 Å². The van der Waals surface area contributed by atoms with Crippen molar-refractivity contribution in [3.8, 4) is 0 Å². The summed E-state index contributed by atoms with van der Waals surface area (Å²) in [6.45, 7) is 17.1. The number of aromatic amines is 3. The van der Waals surface area contributed by atoms with Crippen molar-refractivity contribution in [2.45, 2.75) is 80.1 Å². The fourth-order valence-electron chi connectivity index (χ4n) is 6.60. The molecule has 2 aliphatic rings. The number of H-pyrrole nitrogens is 3. The van der Waals surface area contributed by atoms with E-state index in [1.54, 1.807) is 0 Å². The predicted octanol–water partition coefficient (Wildman–Crippen LogP) is 3.09. The first kappa shape index (κ1) is 29.9. The smallest absolute Gasteiger partial charge is 0.303 e. The Morgan fingerprint density at radius 2 is 1.21 bits per heavy atom. The lowest BCUT2D eigenvalue weighted by Crippen LogP contribution is -2.16. The van der Waals surface area contributed by atoms with Crippen LogP contribution in [-0.4, -0.2) is 48.4 Å². The van der Waals surface area contributed by atoms with Gasteiger partial charge in [-0.1, -0.05) is 13.8 Å². The Bertz CT molecular complexity index is 2010. The number of aliphatic carboxylic acids is 2. The third-order valence-electron chi connectivity index (χ3n) is 9.11. The minimum Gasteiger partial charge on any atom is -0.481 e. The van der Waals surface area contributed by atoms with E-state index in [-0.39, 0.29) is 12.8 Å². The van der Waals surface area contributed by atoms with E-state index in [0.717, 1.165) is 84.8 Å². The predicted molar refractivity (Wildman–Crippen MR) is 170 cm³/mol. The van der Waals surface area contributed by atoms with Gasteiger partial charge in [-0.15, -0.1) is 0 Å². The van der Waals surface area contributed by atoms with E-state index in [0.29, 0.717) is 12.8 Å².